The van der Waals surface area contributed by atoms with Crippen LogP contribution in [0, 0.1) is 0 Å². The molecule has 0 heterocycles. The van der Waals surface area contributed by atoms with Crippen molar-refractivity contribution in [3.8, 4) is 0 Å². The molecule has 2 aromatic rings. The van der Waals surface area contributed by atoms with E-state index in [1.54, 1.807) is 0 Å². The van der Waals surface area contributed by atoms with E-state index in [2.05, 4.69) is 74.5 Å². The van der Waals surface area contributed by atoms with Crippen LogP contribution in [0.5, 0.6) is 0 Å². The molecule has 0 heteroatoms. The molecule has 92 valence electrons. The average molecular weight is 236 g/mol. The maximum absolute atomic E-state index is 2.24. The Kier molecular flexibility index (Phi) is 4.35. The van der Waals surface area contributed by atoms with Crippen molar-refractivity contribution in [3.63, 3.8) is 0 Å². The Bertz CT molecular complexity index is 506. The fourth-order valence-electron chi connectivity index (χ4n) is 2.30. The van der Waals surface area contributed by atoms with Crippen LogP contribution in [0.2, 0.25) is 0 Å². The fraction of sp³-hybridized carbons (Fsp3) is 0.222. The molecule has 0 nitrogen and oxygen atoms in total. The van der Waals surface area contributed by atoms with E-state index < -0.39 is 0 Å². The van der Waals surface area contributed by atoms with Gasteiger partial charge in [0.1, 0.15) is 0 Å². The summed E-state index contributed by atoms with van der Waals surface area (Å²) in [7, 11) is 0. The molecular weight excluding hydrogens is 216 g/mol. The van der Waals surface area contributed by atoms with E-state index in [9.17, 15) is 0 Å². The molecule has 0 radical (unpaired) electrons. The minimum atomic E-state index is 1.13. The summed E-state index contributed by atoms with van der Waals surface area (Å²) in [6.07, 6.45) is 2.30. The van der Waals surface area contributed by atoms with Crippen LogP contribution in [0.3, 0.4) is 0 Å². The molecule has 18 heavy (non-hydrogen) atoms. The minimum absolute atomic E-state index is 1.13. The maximum atomic E-state index is 2.24. The molecule has 0 unspecified atom stereocenters. The number of rotatable bonds is 4. The Morgan fingerprint density at radius 2 is 1.28 bits per heavy atom. The molecule has 0 fully saturated rings. The molecule has 0 bridgehead atoms. The van der Waals surface area contributed by atoms with E-state index in [1.165, 1.54) is 28.7 Å². The van der Waals surface area contributed by atoms with Crippen molar-refractivity contribution in [2.75, 3.05) is 0 Å². The van der Waals surface area contributed by atoms with Crippen LogP contribution < -0.4 is 0 Å². The standard InChI is InChI=1S/C18H20/c1-3-10-18(17-13-8-5-9-14-17)15(2)16-11-6-4-7-12-16/h4-9,11-14H,3,10H2,1-2H3/b18-15+. The van der Waals surface area contributed by atoms with Crippen LogP contribution >= 0.6 is 0 Å². The third-order valence-corrected chi connectivity index (χ3v) is 3.28. The Balaban J connectivity index is 2.47. The van der Waals surface area contributed by atoms with Crippen molar-refractivity contribution in [3.05, 3.63) is 71.8 Å². The third-order valence-electron chi connectivity index (χ3n) is 3.28. The summed E-state index contributed by atoms with van der Waals surface area (Å²) in [4.78, 5) is 0. The van der Waals surface area contributed by atoms with Crippen LogP contribution in [0.25, 0.3) is 11.1 Å². The highest BCUT2D eigenvalue weighted by molar-refractivity contribution is 5.89. The quantitative estimate of drug-likeness (QED) is 0.622. The van der Waals surface area contributed by atoms with Crippen molar-refractivity contribution in [2.24, 2.45) is 0 Å². The first-order valence-electron chi connectivity index (χ1n) is 6.63. The van der Waals surface area contributed by atoms with Gasteiger partial charge in [0.15, 0.2) is 0 Å². The van der Waals surface area contributed by atoms with Crippen LogP contribution in [0.15, 0.2) is 60.7 Å². The van der Waals surface area contributed by atoms with Gasteiger partial charge in [-0.25, -0.2) is 0 Å². The van der Waals surface area contributed by atoms with Gasteiger partial charge < -0.3 is 0 Å². The lowest BCUT2D eigenvalue weighted by atomic mass is 9.93. The lowest BCUT2D eigenvalue weighted by molar-refractivity contribution is 0.973. The number of benzene rings is 2. The number of allylic oxidation sites excluding steroid dienone is 2. The summed E-state index contributed by atoms with van der Waals surface area (Å²) in [5, 5.41) is 0. The van der Waals surface area contributed by atoms with E-state index in [0.717, 1.165) is 6.42 Å². The molecule has 0 saturated heterocycles. The van der Waals surface area contributed by atoms with E-state index in [-0.39, 0.29) is 0 Å². The van der Waals surface area contributed by atoms with Gasteiger partial charge in [-0.15, -0.1) is 0 Å². The van der Waals surface area contributed by atoms with Gasteiger partial charge in [0.2, 0.25) is 0 Å². The highest BCUT2D eigenvalue weighted by Gasteiger charge is 2.06. The minimum Gasteiger partial charge on any atom is -0.0651 e. The molecule has 0 aliphatic heterocycles. The lowest BCUT2D eigenvalue weighted by Gasteiger charge is -2.12. The van der Waals surface area contributed by atoms with Crippen molar-refractivity contribution >= 4 is 11.1 Å². The second kappa shape index (κ2) is 6.20. The van der Waals surface area contributed by atoms with E-state index in [4.69, 9.17) is 0 Å². The first-order valence-corrected chi connectivity index (χ1v) is 6.63. The Morgan fingerprint density at radius 1 is 0.778 bits per heavy atom. The smallest absolute Gasteiger partial charge is 0.0222 e. The molecule has 2 rings (SSSR count). The van der Waals surface area contributed by atoms with Gasteiger partial charge in [-0.2, -0.15) is 0 Å². The Hall–Kier alpha value is -1.82. The zero-order valence-corrected chi connectivity index (χ0v) is 11.2. The van der Waals surface area contributed by atoms with Gasteiger partial charge in [-0.1, -0.05) is 74.0 Å². The fourth-order valence-corrected chi connectivity index (χ4v) is 2.30. The summed E-state index contributed by atoms with van der Waals surface area (Å²) >= 11 is 0. The summed E-state index contributed by atoms with van der Waals surface area (Å²) in [5.41, 5.74) is 5.53. The molecule has 0 amide bonds. The zero-order valence-electron chi connectivity index (χ0n) is 11.2. The van der Waals surface area contributed by atoms with Gasteiger partial charge >= 0.3 is 0 Å². The van der Waals surface area contributed by atoms with Gasteiger partial charge in [-0.05, 0) is 35.6 Å². The molecule has 2 aromatic carbocycles. The predicted octanol–water partition coefficient (Wildman–Crippen LogP) is 5.42. The van der Waals surface area contributed by atoms with Crippen molar-refractivity contribution in [1.29, 1.82) is 0 Å². The Labute approximate surface area is 110 Å². The van der Waals surface area contributed by atoms with Gasteiger partial charge in [0, 0.05) is 0 Å². The molecule has 0 aliphatic carbocycles. The first-order chi connectivity index (χ1) is 8.83. The third kappa shape index (κ3) is 2.89. The van der Waals surface area contributed by atoms with Crippen molar-refractivity contribution < 1.29 is 0 Å². The van der Waals surface area contributed by atoms with Gasteiger partial charge in [0.25, 0.3) is 0 Å². The SMILES string of the molecule is CCC/C(=C(/C)c1ccccc1)c1ccccc1. The molecular formula is C18H20. The van der Waals surface area contributed by atoms with Crippen LogP contribution in [-0.4, -0.2) is 0 Å². The van der Waals surface area contributed by atoms with Crippen molar-refractivity contribution in [1.82, 2.24) is 0 Å². The average Bonchev–Trinajstić information content (AvgIpc) is 2.46. The van der Waals surface area contributed by atoms with Crippen molar-refractivity contribution in [2.45, 2.75) is 26.7 Å². The second-order valence-electron chi connectivity index (χ2n) is 4.59. The monoisotopic (exact) mass is 236 g/mol. The van der Waals surface area contributed by atoms with E-state index >= 15 is 0 Å². The van der Waals surface area contributed by atoms with E-state index in [0.29, 0.717) is 0 Å². The maximum Gasteiger partial charge on any atom is -0.0222 e. The largest absolute Gasteiger partial charge is 0.0651 e. The molecule has 0 saturated carbocycles. The molecule has 0 aliphatic rings. The summed E-state index contributed by atoms with van der Waals surface area (Å²) in [6.45, 7) is 4.47. The highest BCUT2D eigenvalue weighted by atomic mass is 14.1. The lowest BCUT2D eigenvalue weighted by Crippen LogP contribution is -1.90. The molecule has 0 atom stereocenters. The summed E-state index contributed by atoms with van der Waals surface area (Å²) < 4.78 is 0. The first kappa shape index (κ1) is 12.6. The van der Waals surface area contributed by atoms with E-state index in [1.807, 2.05) is 0 Å². The second-order valence-corrected chi connectivity index (χ2v) is 4.59. The predicted molar refractivity (Wildman–Crippen MR) is 80.3 cm³/mol. The zero-order chi connectivity index (χ0) is 12.8. The molecule has 0 aromatic heterocycles. The number of hydrogen-bond donors (Lipinski definition) is 0. The highest BCUT2D eigenvalue weighted by Crippen LogP contribution is 2.29. The normalized spacial score (nSPS) is 12.1. The molecule has 0 spiro atoms. The van der Waals surface area contributed by atoms with Crippen LogP contribution in [-0.2, 0) is 0 Å². The Morgan fingerprint density at radius 3 is 1.78 bits per heavy atom. The topological polar surface area (TPSA) is 0 Å². The van der Waals surface area contributed by atoms with Gasteiger partial charge in [0.05, 0.1) is 0 Å². The van der Waals surface area contributed by atoms with Crippen LogP contribution in [0.4, 0.5) is 0 Å². The molecule has 0 N–H and O–H groups in total. The summed E-state index contributed by atoms with van der Waals surface area (Å²) in [6, 6.07) is 21.4. The number of hydrogen-bond acceptors (Lipinski definition) is 0. The summed E-state index contributed by atoms with van der Waals surface area (Å²) in [5.74, 6) is 0. The van der Waals surface area contributed by atoms with Crippen LogP contribution in [0.1, 0.15) is 37.8 Å². The van der Waals surface area contributed by atoms with Gasteiger partial charge in [-0.3, -0.25) is 0 Å².